The second-order valence-corrected chi connectivity index (χ2v) is 6.71. The lowest BCUT2D eigenvalue weighted by Crippen LogP contribution is -2.24. The van der Waals surface area contributed by atoms with Crippen molar-refractivity contribution in [3.63, 3.8) is 0 Å². The van der Waals surface area contributed by atoms with E-state index in [0.29, 0.717) is 5.56 Å². The number of nitrogens with two attached hydrogens (primary N) is 1. The summed E-state index contributed by atoms with van der Waals surface area (Å²) in [5, 5.41) is 0.265. The van der Waals surface area contributed by atoms with Crippen LogP contribution in [-0.4, -0.2) is 8.42 Å². The second kappa shape index (κ2) is 6.01. The fraction of sp³-hybridized carbons (Fsp3) is 0.143. The number of anilines is 1. The first-order valence-electron chi connectivity index (χ1n) is 6.10. The third-order valence-corrected chi connectivity index (χ3v) is 4.85. The molecule has 2 aromatic carbocycles. The summed E-state index contributed by atoms with van der Waals surface area (Å²) in [4.78, 5) is -0.0491. The fourth-order valence-electron chi connectivity index (χ4n) is 1.73. The molecule has 4 nitrogen and oxygen atoms in total. The van der Waals surface area contributed by atoms with Crippen LogP contribution in [0.4, 0.5) is 10.1 Å². The van der Waals surface area contributed by atoms with E-state index in [4.69, 9.17) is 17.3 Å². The van der Waals surface area contributed by atoms with E-state index in [1.807, 2.05) is 0 Å². The van der Waals surface area contributed by atoms with Crippen molar-refractivity contribution >= 4 is 27.3 Å². The average molecular weight is 329 g/mol. The van der Waals surface area contributed by atoms with Gasteiger partial charge in [0, 0.05) is 22.8 Å². The normalized spacial score (nSPS) is 11.6. The van der Waals surface area contributed by atoms with E-state index >= 15 is 0 Å². The Hall–Kier alpha value is -1.63. The van der Waals surface area contributed by atoms with Crippen molar-refractivity contribution in [2.75, 3.05) is 5.73 Å². The molecule has 0 bridgehead atoms. The first-order valence-corrected chi connectivity index (χ1v) is 7.96. The lowest BCUT2D eigenvalue weighted by atomic mass is 10.2. The molecule has 0 heterocycles. The van der Waals surface area contributed by atoms with Crippen molar-refractivity contribution in [1.82, 2.24) is 4.72 Å². The maximum absolute atomic E-state index is 13.5. The number of sulfonamides is 1. The van der Waals surface area contributed by atoms with E-state index in [-0.39, 0.29) is 27.7 Å². The van der Waals surface area contributed by atoms with Crippen molar-refractivity contribution < 1.29 is 12.8 Å². The Balaban J connectivity index is 2.25. The van der Waals surface area contributed by atoms with Crippen LogP contribution in [0.15, 0.2) is 41.3 Å². The molecule has 0 fully saturated rings. The summed E-state index contributed by atoms with van der Waals surface area (Å²) in [6.45, 7) is 1.54. The summed E-state index contributed by atoms with van der Waals surface area (Å²) in [6, 6.07) is 8.59. The molecule has 0 amide bonds. The zero-order valence-corrected chi connectivity index (χ0v) is 12.8. The molecule has 0 saturated heterocycles. The van der Waals surface area contributed by atoms with Crippen molar-refractivity contribution in [2.24, 2.45) is 0 Å². The summed E-state index contributed by atoms with van der Waals surface area (Å²) < 4.78 is 40.2. The minimum absolute atomic E-state index is 0.0491. The minimum atomic E-state index is -3.82. The van der Waals surface area contributed by atoms with E-state index in [1.165, 1.54) is 30.3 Å². The molecule has 0 aliphatic rings. The number of hydrogen-bond donors (Lipinski definition) is 2. The van der Waals surface area contributed by atoms with Gasteiger partial charge >= 0.3 is 0 Å². The number of halogens is 2. The van der Waals surface area contributed by atoms with Crippen LogP contribution in [0.25, 0.3) is 0 Å². The van der Waals surface area contributed by atoms with Crippen LogP contribution < -0.4 is 10.5 Å². The van der Waals surface area contributed by atoms with Crippen LogP contribution in [0, 0.1) is 12.7 Å². The van der Waals surface area contributed by atoms with Crippen molar-refractivity contribution in [2.45, 2.75) is 18.4 Å². The molecule has 112 valence electrons. The van der Waals surface area contributed by atoms with E-state index in [9.17, 15) is 12.8 Å². The Labute approximate surface area is 127 Å². The van der Waals surface area contributed by atoms with E-state index in [1.54, 1.807) is 13.0 Å². The van der Waals surface area contributed by atoms with Crippen LogP contribution in [0.3, 0.4) is 0 Å². The Morgan fingerprint density at radius 1 is 1.29 bits per heavy atom. The van der Waals surface area contributed by atoms with Gasteiger partial charge in [-0.1, -0.05) is 29.8 Å². The molecule has 7 heteroatoms. The lowest BCUT2D eigenvalue weighted by molar-refractivity contribution is 0.574. The molecule has 0 atom stereocenters. The van der Waals surface area contributed by atoms with Gasteiger partial charge in [-0.25, -0.2) is 17.5 Å². The Kier molecular flexibility index (Phi) is 4.51. The zero-order valence-electron chi connectivity index (χ0n) is 11.2. The second-order valence-electron chi connectivity index (χ2n) is 4.54. The summed E-state index contributed by atoms with van der Waals surface area (Å²) in [5.74, 6) is -0.471. The van der Waals surface area contributed by atoms with E-state index in [0.717, 1.165) is 0 Å². The van der Waals surface area contributed by atoms with Gasteiger partial charge in [0.25, 0.3) is 0 Å². The molecular weight excluding hydrogens is 315 g/mol. The average Bonchev–Trinajstić information content (AvgIpc) is 2.43. The predicted molar refractivity (Wildman–Crippen MR) is 81.0 cm³/mol. The number of nitrogen functional groups attached to an aromatic ring is 1. The van der Waals surface area contributed by atoms with Crippen molar-refractivity contribution in [3.8, 4) is 0 Å². The van der Waals surface area contributed by atoms with Gasteiger partial charge in [0.1, 0.15) is 5.82 Å². The maximum atomic E-state index is 13.5. The molecule has 2 rings (SSSR count). The highest BCUT2D eigenvalue weighted by molar-refractivity contribution is 7.89. The molecule has 0 unspecified atom stereocenters. The number of nitrogens with one attached hydrogen (secondary N) is 1. The Morgan fingerprint density at radius 3 is 2.57 bits per heavy atom. The molecule has 0 spiro atoms. The van der Waals surface area contributed by atoms with Gasteiger partial charge in [-0.3, -0.25) is 0 Å². The lowest BCUT2D eigenvalue weighted by Gasteiger charge is -2.10. The molecule has 21 heavy (non-hydrogen) atoms. The van der Waals surface area contributed by atoms with Crippen LogP contribution in [0.1, 0.15) is 11.1 Å². The van der Waals surface area contributed by atoms with E-state index in [2.05, 4.69) is 4.72 Å². The highest BCUT2D eigenvalue weighted by Gasteiger charge is 2.17. The van der Waals surface area contributed by atoms with Crippen molar-refractivity contribution in [3.05, 3.63) is 58.4 Å². The molecule has 0 radical (unpaired) electrons. The third-order valence-electron chi connectivity index (χ3n) is 3.08. The molecule has 0 aliphatic heterocycles. The summed E-state index contributed by atoms with van der Waals surface area (Å²) in [5.41, 5.74) is 6.87. The van der Waals surface area contributed by atoms with Gasteiger partial charge in [-0.15, -0.1) is 0 Å². The number of rotatable bonds is 4. The predicted octanol–water partition coefficient (Wildman–Crippen LogP) is 2.85. The van der Waals surface area contributed by atoms with Gasteiger partial charge in [0.2, 0.25) is 10.0 Å². The molecule has 0 aromatic heterocycles. The Bertz CT molecular complexity index is 755. The standard InChI is InChI=1S/C14H14ClFN2O2S/c1-9-12(15)6-11(7-14(9)17)21(19,20)18-8-10-4-2-3-5-13(10)16/h2-7,18H,8,17H2,1H3. The maximum Gasteiger partial charge on any atom is 0.240 e. The highest BCUT2D eigenvalue weighted by atomic mass is 35.5. The molecule has 0 aliphatic carbocycles. The fourth-order valence-corrected chi connectivity index (χ4v) is 3.09. The van der Waals surface area contributed by atoms with Crippen LogP contribution >= 0.6 is 11.6 Å². The minimum Gasteiger partial charge on any atom is -0.398 e. The molecule has 2 aromatic rings. The molecule has 3 N–H and O–H groups in total. The Morgan fingerprint density at radius 2 is 1.95 bits per heavy atom. The van der Waals surface area contributed by atoms with Gasteiger partial charge < -0.3 is 5.73 Å². The van der Waals surface area contributed by atoms with Gasteiger partial charge in [0.05, 0.1) is 4.90 Å². The van der Waals surface area contributed by atoms with Crippen LogP contribution in [0.2, 0.25) is 5.02 Å². The zero-order chi connectivity index (χ0) is 15.6. The number of benzene rings is 2. The highest BCUT2D eigenvalue weighted by Crippen LogP contribution is 2.26. The third kappa shape index (κ3) is 3.53. The molecular formula is C14H14ClFN2O2S. The first-order chi connectivity index (χ1) is 9.81. The van der Waals surface area contributed by atoms with Crippen LogP contribution in [-0.2, 0) is 16.6 Å². The van der Waals surface area contributed by atoms with Crippen molar-refractivity contribution in [1.29, 1.82) is 0 Å². The monoisotopic (exact) mass is 328 g/mol. The van der Waals surface area contributed by atoms with Gasteiger partial charge in [-0.2, -0.15) is 0 Å². The number of hydrogen-bond acceptors (Lipinski definition) is 3. The smallest absolute Gasteiger partial charge is 0.240 e. The molecule has 0 saturated carbocycles. The quantitative estimate of drug-likeness (QED) is 0.848. The summed E-state index contributed by atoms with van der Waals surface area (Å²) >= 11 is 5.94. The summed E-state index contributed by atoms with van der Waals surface area (Å²) in [6.07, 6.45) is 0. The van der Waals surface area contributed by atoms with Gasteiger partial charge in [-0.05, 0) is 30.7 Å². The van der Waals surface area contributed by atoms with Gasteiger partial charge in [0.15, 0.2) is 0 Å². The largest absolute Gasteiger partial charge is 0.398 e. The first kappa shape index (κ1) is 15.8. The SMILES string of the molecule is Cc1c(N)cc(S(=O)(=O)NCc2ccccc2F)cc1Cl. The topological polar surface area (TPSA) is 72.2 Å². The summed E-state index contributed by atoms with van der Waals surface area (Å²) in [7, 11) is -3.82. The van der Waals surface area contributed by atoms with E-state index < -0.39 is 15.8 Å². The van der Waals surface area contributed by atoms with Crippen LogP contribution in [0.5, 0.6) is 0 Å².